The van der Waals surface area contributed by atoms with Gasteiger partial charge < -0.3 is 14.7 Å². The second-order valence-corrected chi connectivity index (χ2v) is 15.7. The van der Waals surface area contributed by atoms with Crippen molar-refractivity contribution in [3.8, 4) is 0 Å². The molecule has 3 heteroatoms. The maximum atomic E-state index is 2.45. The average Bonchev–Trinajstić information content (AvgIpc) is 3.26. The Morgan fingerprint density at radius 3 is 1.00 bits per heavy atom. The van der Waals surface area contributed by atoms with Crippen molar-refractivity contribution in [2.24, 2.45) is 0 Å². The van der Waals surface area contributed by atoms with E-state index in [-0.39, 0.29) is 0 Å². The van der Waals surface area contributed by atoms with Crippen LogP contribution in [0.3, 0.4) is 0 Å². The predicted octanol–water partition coefficient (Wildman–Crippen LogP) is 16.2. The summed E-state index contributed by atoms with van der Waals surface area (Å²) in [5, 5.41) is 7.31. The molecule has 59 heavy (non-hydrogen) atoms. The van der Waals surface area contributed by atoms with E-state index in [1.165, 1.54) is 65.9 Å². The molecule has 0 heterocycles. The first-order valence-corrected chi connectivity index (χ1v) is 20.4. The highest BCUT2D eigenvalue weighted by Gasteiger charge is 2.25. The molecule has 0 N–H and O–H groups in total. The third kappa shape index (κ3) is 6.42. The molecular formula is C56H45N3. The van der Waals surface area contributed by atoms with Crippen molar-refractivity contribution in [2.75, 3.05) is 14.7 Å². The average molecular weight is 760 g/mol. The second kappa shape index (κ2) is 14.9. The van der Waals surface area contributed by atoms with Crippen LogP contribution in [0.4, 0.5) is 51.2 Å². The van der Waals surface area contributed by atoms with Gasteiger partial charge in [-0.3, -0.25) is 0 Å². The fourth-order valence-corrected chi connectivity index (χ4v) is 9.04. The minimum absolute atomic E-state index is 1.10. The van der Waals surface area contributed by atoms with Crippen molar-refractivity contribution in [2.45, 2.75) is 27.7 Å². The van der Waals surface area contributed by atoms with Crippen molar-refractivity contribution in [1.29, 1.82) is 0 Å². The zero-order chi connectivity index (χ0) is 40.0. The molecule has 10 rings (SSSR count). The normalized spacial score (nSPS) is 11.4. The van der Waals surface area contributed by atoms with Gasteiger partial charge in [0.2, 0.25) is 0 Å². The molecule has 10 aromatic rings. The molecule has 0 bridgehead atoms. The van der Waals surface area contributed by atoms with Crippen molar-refractivity contribution in [1.82, 2.24) is 0 Å². The number of benzene rings is 10. The fraction of sp³-hybridized carbons (Fsp3) is 0.0714. The molecule has 0 aliphatic rings. The van der Waals surface area contributed by atoms with Crippen LogP contribution in [-0.2, 0) is 0 Å². The van der Waals surface area contributed by atoms with Crippen LogP contribution < -0.4 is 14.7 Å². The maximum Gasteiger partial charge on any atom is 0.0561 e. The van der Waals surface area contributed by atoms with E-state index in [1.54, 1.807) is 0 Å². The Morgan fingerprint density at radius 1 is 0.271 bits per heavy atom. The lowest BCUT2D eigenvalue weighted by molar-refractivity contribution is 1.21. The summed E-state index contributed by atoms with van der Waals surface area (Å²) in [6, 6.07) is 73.1. The van der Waals surface area contributed by atoms with Crippen molar-refractivity contribution in [3.63, 3.8) is 0 Å². The summed E-state index contributed by atoms with van der Waals surface area (Å²) < 4.78 is 0. The number of rotatable bonds is 9. The van der Waals surface area contributed by atoms with Crippen LogP contribution in [0.25, 0.3) is 32.3 Å². The molecule has 0 unspecified atom stereocenters. The highest BCUT2D eigenvalue weighted by Crippen LogP contribution is 2.51. The first-order chi connectivity index (χ1) is 28.9. The van der Waals surface area contributed by atoms with Gasteiger partial charge in [-0.1, -0.05) is 132 Å². The van der Waals surface area contributed by atoms with E-state index in [1.807, 2.05) is 0 Å². The van der Waals surface area contributed by atoms with Gasteiger partial charge >= 0.3 is 0 Å². The SMILES string of the molecule is Cc1ccc(N(c2cc3ccc4c(N(c5ccccc5)c5ccccc5)cc(N(c5ccccc5)c5ccccc5)c5ccc(c2)c3c45)c2ccc(C)cc2C)c(C)c1. The van der Waals surface area contributed by atoms with Gasteiger partial charge in [-0.05, 0) is 134 Å². The molecule has 0 aliphatic heterocycles. The van der Waals surface area contributed by atoms with E-state index in [0.717, 1.165) is 39.8 Å². The van der Waals surface area contributed by atoms with E-state index in [0.29, 0.717) is 0 Å². The summed E-state index contributed by atoms with van der Waals surface area (Å²) in [6.07, 6.45) is 0. The van der Waals surface area contributed by atoms with Crippen molar-refractivity contribution >= 4 is 83.5 Å². The van der Waals surface area contributed by atoms with Gasteiger partial charge in [0.1, 0.15) is 0 Å². The lowest BCUT2D eigenvalue weighted by Gasteiger charge is -2.32. The van der Waals surface area contributed by atoms with Crippen LogP contribution in [0.15, 0.2) is 200 Å². The van der Waals surface area contributed by atoms with E-state index in [2.05, 4.69) is 243 Å². The van der Waals surface area contributed by atoms with Gasteiger partial charge in [0, 0.05) is 56.0 Å². The van der Waals surface area contributed by atoms with Gasteiger partial charge in [0.25, 0.3) is 0 Å². The van der Waals surface area contributed by atoms with Gasteiger partial charge in [-0.15, -0.1) is 0 Å². The van der Waals surface area contributed by atoms with Gasteiger partial charge in [-0.25, -0.2) is 0 Å². The summed E-state index contributed by atoms with van der Waals surface area (Å²) in [6.45, 7) is 8.79. The molecule has 284 valence electrons. The van der Waals surface area contributed by atoms with E-state index >= 15 is 0 Å². The zero-order valence-corrected chi connectivity index (χ0v) is 33.9. The first kappa shape index (κ1) is 36.0. The van der Waals surface area contributed by atoms with Crippen molar-refractivity contribution < 1.29 is 0 Å². The molecule has 10 aromatic carbocycles. The van der Waals surface area contributed by atoms with Crippen molar-refractivity contribution in [3.05, 3.63) is 222 Å². The Morgan fingerprint density at radius 2 is 0.644 bits per heavy atom. The Bertz CT molecular complexity index is 2800. The first-order valence-electron chi connectivity index (χ1n) is 20.4. The van der Waals surface area contributed by atoms with Gasteiger partial charge in [-0.2, -0.15) is 0 Å². The largest absolute Gasteiger partial charge is 0.310 e. The summed E-state index contributed by atoms with van der Waals surface area (Å²) in [7, 11) is 0. The number of anilines is 9. The summed E-state index contributed by atoms with van der Waals surface area (Å²) in [5.74, 6) is 0. The zero-order valence-electron chi connectivity index (χ0n) is 33.9. The molecule has 0 amide bonds. The van der Waals surface area contributed by atoms with Gasteiger partial charge in [0.15, 0.2) is 0 Å². The number of para-hydroxylation sites is 4. The Balaban J connectivity index is 1.30. The smallest absolute Gasteiger partial charge is 0.0561 e. The Kier molecular flexibility index (Phi) is 9.07. The second-order valence-electron chi connectivity index (χ2n) is 15.7. The van der Waals surface area contributed by atoms with Crippen LogP contribution in [-0.4, -0.2) is 0 Å². The molecule has 0 aliphatic carbocycles. The molecular weight excluding hydrogens is 715 g/mol. The lowest BCUT2D eigenvalue weighted by Crippen LogP contribution is -2.14. The quantitative estimate of drug-likeness (QED) is 0.136. The van der Waals surface area contributed by atoms with E-state index in [4.69, 9.17) is 0 Å². The monoisotopic (exact) mass is 759 g/mol. The number of hydrogen-bond donors (Lipinski definition) is 0. The van der Waals surface area contributed by atoms with Crippen LogP contribution in [0.5, 0.6) is 0 Å². The highest BCUT2D eigenvalue weighted by molar-refractivity contribution is 6.29. The fourth-order valence-electron chi connectivity index (χ4n) is 9.04. The predicted molar refractivity (Wildman–Crippen MR) is 253 cm³/mol. The lowest BCUT2D eigenvalue weighted by atomic mass is 9.90. The number of hydrogen-bond acceptors (Lipinski definition) is 3. The molecule has 0 saturated carbocycles. The molecule has 3 nitrogen and oxygen atoms in total. The minimum Gasteiger partial charge on any atom is -0.310 e. The Hall–Kier alpha value is -7.36. The topological polar surface area (TPSA) is 9.72 Å². The Labute approximate surface area is 347 Å². The van der Waals surface area contributed by atoms with Crippen LogP contribution in [0, 0.1) is 27.7 Å². The molecule has 0 saturated heterocycles. The number of nitrogens with zero attached hydrogens (tertiary/aromatic N) is 3. The van der Waals surface area contributed by atoms with Crippen LogP contribution in [0.1, 0.15) is 22.3 Å². The molecule has 0 atom stereocenters. The minimum atomic E-state index is 1.10. The summed E-state index contributed by atoms with van der Waals surface area (Å²) >= 11 is 0. The van der Waals surface area contributed by atoms with Crippen LogP contribution >= 0.6 is 0 Å². The van der Waals surface area contributed by atoms with E-state index in [9.17, 15) is 0 Å². The summed E-state index contributed by atoms with van der Waals surface area (Å²) in [5.41, 5.74) is 15.2. The third-order valence-electron chi connectivity index (χ3n) is 11.6. The van der Waals surface area contributed by atoms with Crippen LogP contribution in [0.2, 0.25) is 0 Å². The standard InChI is InChI=1S/C56H45N3/c1-38-25-31-51(40(3)33-38)59(52-32-26-39(2)34-41(52)4)48-35-42-27-29-49-53(57(44-17-9-5-10-18-44)45-19-11-6-12-20-45)37-54(50-30-28-43(36-48)55(42)56(49)50)58(46-21-13-7-14-22-46)47-23-15-8-16-24-47/h5-37H,1-4H3. The highest BCUT2D eigenvalue weighted by atomic mass is 15.2. The third-order valence-corrected chi connectivity index (χ3v) is 11.6. The van der Waals surface area contributed by atoms with Gasteiger partial charge in [0.05, 0.1) is 11.4 Å². The molecule has 0 radical (unpaired) electrons. The maximum absolute atomic E-state index is 2.45. The summed E-state index contributed by atoms with van der Waals surface area (Å²) in [4.78, 5) is 7.28. The molecule has 0 fully saturated rings. The van der Waals surface area contributed by atoms with E-state index < -0.39 is 0 Å². The molecule has 0 spiro atoms. The number of aryl methyl sites for hydroxylation is 4. The molecule has 0 aromatic heterocycles.